The predicted molar refractivity (Wildman–Crippen MR) is 129 cm³/mol. The maximum absolute atomic E-state index is 12.9. The zero-order chi connectivity index (χ0) is 24.0. The lowest BCUT2D eigenvalue weighted by Gasteiger charge is -2.37. The zero-order valence-electron chi connectivity index (χ0n) is 19.3. The number of carbonyl (C=O) groups is 2. The number of rotatable bonds is 8. The number of benzene rings is 2. The van der Waals surface area contributed by atoms with Crippen molar-refractivity contribution in [3.05, 3.63) is 71.4 Å². The molecule has 8 nitrogen and oxygen atoms in total. The van der Waals surface area contributed by atoms with E-state index in [1.807, 2.05) is 25.1 Å². The number of hydrogen-bond acceptors (Lipinski definition) is 6. The Hall–Kier alpha value is -3.49. The topological polar surface area (TPSA) is 113 Å². The van der Waals surface area contributed by atoms with Crippen molar-refractivity contribution in [3.63, 3.8) is 0 Å². The van der Waals surface area contributed by atoms with Crippen LogP contribution in [0.3, 0.4) is 0 Å². The van der Waals surface area contributed by atoms with Gasteiger partial charge in [0.05, 0.1) is 24.1 Å². The van der Waals surface area contributed by atoms with Crippen LogP contribution in [0, 0.1) is 6.92 Å². The Kier molecular flexibility index (Phi) is 7.40. The summed E-state index contributed by atoms with van der Waals surface area (Å²) in [6.45, 7) is 3.80. The quantitative estimate of drug-likeness (QED) is 0.303. The second-order valence-corrected chi connectivity index (χ2v) is 8.79. The van der Waals surface area contributed by atoms with E-state index in [4.69, 9.17) is 9.94 Å². The molecule has 4 N–H and O–H groups in total. The van der Waals surface area contributed by atoms with E-state index in [1.165, 1.54) is 5.56 Å². The molecular formula is C26H30N4O4. The van der Waals surface area contributed by atoms with E-state index in [1.54, 1.807) is 29.7 Å². The highest BCUT2D eigenvalue weighted by Crippen LogP contribution is 2.22. The molecule has 2 aromatic carbocycles. The number of amides is 2. The molecule has 1 aliphatic rings. The van der Waals surface area contributed by atoms with Gasteiger partial charge in [-0.2, -0.15) is 0 Å². The number of hydrogen-bond donors (Lipinski definition) is 4. The molecule has 1 atom stereocenters. The first kappa shape index (κ1) is 23.7. The first-order valence-electron chi connectivity index (χ1n) is 11.5. The molecule has 1 aliphatic heterocycles. The summed E-state index contributed by atoms with van der Waals surface area (Å²) in [7, 11) is 0. The molecule has 0 aliphatic carbocycles. The number of pyridine rings is 1. The highest BCUT2D eigenvalue weighted by molar-refractivity contribution is 5.95. The van der Waals surface area contributed by atoms with Gasteiger partial charge in [0.2, 0.25) is 5.91 Å². The fourth-order valence-electron chi connectivity index (χ4n) is 4.51. The fraction of sp³-hybridized carbons (Fsp3) is 0.346. The van der Waals surface area contributed by atoms with Crippen LogP contribution in [0.4, 0.5) is 0 Å². The molecule has 34 heavy (non-hydrogen) atoms. The van der Waals surface area contributed by atoms with E-state index in [9.17, 15) is 9.59 Å². The minimum Gasteiger partial charge on any atom is -0.493 e. The molecule has 1 saturated heterocycles. The Balaban J connectivity index is 1.36. The Morgan fingerprint density at radius 3 is 2.71 bits per heavy atom. The number of piperidine rings is 1. The van der Waals surface area contributed by atoms with Gasteiger partial charge in [0.1, 0.15) is 5.75 Å². The Morgan fingerprint density at radius 1 is 1.18 bits per heavy atom. The number of para-hydroxylation sites is 1. The standard InChI is InChI=1S/C26H30N4O4/c1-18-15-20(22-5-2-3-6-23(22)28-18)11-14-34-21-9-7-19(8-10-21)25(32)29-26(16-24(31)30-33)12-4-13-27-17-26/h2-3,5-10,15,27,33H,4,11-14,16-17H2,1H3,(H,29,32)(H,30,31). The van der Waals surface area contributed by atoms with Crippen LogP contribution in [0.2, 0.25) is 0 Å². The highest BCUT2D eigenvalue weighted by Gasteiger charge is 2.36. The predicted octanol–water partition coefficient (Wildman–Crippen LogP) is 2.91. The molecule has 1 fully saturated rings. The third-order valence-electron chi connectivity index (χ3n) is 6.16. The van der Waals surface area contributed by atoms with Crippen LogP contribution in [-0.4, -0.2) is 47.2 Å². The van der Waals surface area contributed by atoms with E-state index in [0.717, 1.165) is 36.0 Å². The number of fused-ring (bicyclic) bond motifs is 1. The van der Waals surface area contributed by atoms with E-state index >= 15 is 0 Å². The molecule has 1 aromatic heterocycles. The highest BCUT2D eigenvalue weighted by atomic mass is 16.5. The lowest BCUT2D eigenvalue weighted by Crippen LogP contribution is -2.59. The van der Waals surface area contributed by atoms with Crippen molar-refractivity contribution in [2.45, 2.75) is 38.1 Å². The monoisotopic (exact) mass is 462 g/mol. The SMILES string of the molecule is Cc1cc(CCOc2ccc(C(=O)NC3(CC(=O)NO)CCCNC3)cc2)c2ccccc2n1. The van der Waals surface area contributed by atoms with Crippen LogP contribution < -0.4 is 20.9 Å². The molecule has 0 saturated carbocycles. The zero-order valence-corrected chi connectivity index (χ0v) is 19.3. The van der Waals surface area contributed by atoms with E-state index in [2.05, 4.69) is 27.8 Å². The Labute approximate surface area is 198 Å². The van der Waals surface area contributed by atoms with E-state index < -0.39 is 11.4 Å². The first-order valence-corrected chi connectivity index (χ1v) is 11.5. The minimum absolute atomic E-state index is 0.00654. The van der Waals surface area contributed by atoms with Gasteiger partial charge in [-0.15, -0.1) is 0 Å². The smallest absolute Gasteiger partial charge is 0.251 e. The lowest BCUT2D eigenvalue weighted by molar-refractivity contribution is -0.130. The van der Waals surface area contributed by atoms with E-state index in [0.29, 0.717) is 30.9 Å². The largest absolute Gasteiger partial charge is 0.493 e. The van der Waals surface area contributed by atoms with Gasteiger partial charge in [0, 0.05) is 29.6 Å². The number of ether oxygens (including phenoxy) is 1. The average Bonchev–Trinajstić information content (AvgIpc) is 2.84. The average molecular weight is 463 g/mol. The summed E-state index contributed by atoms with van der Waals surface area (Å²) in [4.78, 5) is 29.2. The van der Waals surface area contributed by atoms with Crippen molar-refractivity contribution in [3.8, 4) is 5.75 Å². The van der Waals surface area contributed by atoms with Crippen LogP contribution in [0.5, 0.6) is 5.75 Å². The van der Waals surface area contributed by atoms with Crippen molar-refractivity contribution in [1.29, 1.82) is 0 Å². The van der Waals surface area contributed by atoms with Crippen molar-refractivity contribution >= 4 is 22.7 Å². The van der Waals surface area contributed by atoms with Crippen LogP contribution >= 0.6 is 0 Å². The first-order chi connectivity index (χ1) is 16.5. The summed E-state index contributed by atoms with van der Waals surface area (Å²) in [5.74, 6) is -0.107. The van der Waals surface area contributed by atoms with Gasteiger partial charge in [-0.3, -0.25) is 19.8 Å². The molecular weight excluding hydrogens is 432 g/mol. The molecule has 3 aromatic rings. The van der Waals surface area contributed by atoms with Crippen LogP contribution in [0.25, 0.3) is 10.9 Å². The van der Waals surface area contributed by atoms with Crippen molar-refractivity contribution in [1.82, 2.24) is 21.1 Å². The van der Waals surface area contributed by atoms with Gasteiger partial charge in [-0.1, -0.05) is 18.2 Å². The summed E-state index contributed by atoms with van der Waals surface area (Å²) in [5.41, 5.74) is 4.57. The molecule has 0 radical (unpaired) electrons. The Bertz CT molecular complexity index is 1160. The van der Waals surface area contributed by atoms with Gasteiger partial charge in [-0.05, 0) is 68.3 Å². The van der Waals surface area contributed by atoms with Crippen molar-refractivity contribution < 1.29 is 19.5 Å². The van der Waals surface area contributed by atoms with E-state index in [-0.39, 0.29) is 12.3 Å². The third-order valence-corrected chi connectivity index (χ3v) is 6.16. The summed E-state index contributed by atoms with van der Waals surface area (Å²) < 4.78 is 5.93. The van der Waals surface area contributed by atoms with Crippen LogP contribution in [0.1, 0.15) is 40.9 Å². The van der Waals surface area contributed by atoms with Crippen LogP contribution in [-0.2, 0) is 11.2 Å². The molecule has 0 spiro atoms. The number of hydroxylamine groups is 1. The molecule has 2 heterocycles. The maximum atomic E-state index is 12.9. The lowest BCUT2D eigenvalue weighted by atomic mass is 9.86. The van der Waals surface area contributed by atoms with Gasteiger partial charge in [0.15, 0.2) is 0 Å². The van der Waals surface area contributed by atoms with Gasteiger partial charge in [0.25, 0.3) is 5.91 Å². The van der Waals surface area contributed by atoms with Gasteiger partial charge >= 0.3 is 0 Å². The normalized spacial score (nSPS) is 17.8. The summed E-state index contributed by atoms with van der Waals surface area (Å²) >= 11 is 0. The second kappa shape index (κ2) is 10.6. The summed E-state index contributed by atoms with van der Waals surface area (Å²) in [5, 5.41) is 16.3. The Morgan fingerprint density at radius 2 is 1.97 bits per heavy atom. The molecule has 4 rings (SSSR count). The number of nitrogens with one attached hydrogen (secondary N) is 3. The molecule has 2 amide bonds. The maximum Gasteiger partial charge on any atom is 0.251 e. The third kappa shape index (κ3) is 5.70. The number of nitrogens with zero attached hydrogens (tertiary/aromatic N) is 1. The number of aromatic nitrogens is 1. The number of aryl methyl sites for hydroxylation is 1. The second-order valence-electron chi connectivity index (χ2n) is 8.79. The summed E-state index contributed by atoms with van der Waals surface area (Å²) in [6, 6.07) is 17.2. The molecule has 1 unspecified atom stereocenters. The molecule has 178 valence electrons. The number of carbonyl (C=O) groups excluding carboxylic acids is 2. The van der Waals surface area contributed by atoms with Crippen LogP contribution in [0.15, 0.2) is 54.6 Å². The minimum atomic E-state index is -0.733. The van der Waals surface area contributed by atoms with Gasteiger partial charge < -0.3 is 15.4 Å². The molecule has 8 heteroatoms. The van der Waals surface area contributed by atoms with Gasteiger partial charge in [-0.25, -0.2) is 5.48 Å². The molecule has 0 bridgehead atoms. The van der Waals surface area contributed by atoms with Crippen molar-refractivity contribution in [2.24, 2.45) is 0 Å². The van der Waals surface area contributed by atoms with Crippen molar-refractivity contribution in [2.75, 3.05) is 19.7 Å². The fourth-order valence-corrected chi connectivity index (χ4v) is 4.51. The summed E-state index contributed by atoms with van der Waals surface area (Å²) in [6.07, 6.45) is 2.24.